The predicted molar refractivity (Wildman–Crippen MR) is 85.6 cm³/mol. The summed E-state index contributed by atoms with van der Waals surface area (Å²) >= 11 is 7.09. The van der Waals surface area contributed by atoms with Crippen molar-refractivity contribution in [2.24, 2.45) is 0 Å². The molecule has 0 saturated heterocycles. The van der Waals surface area contributed by atoms with E-state index in [0.717, 1.165) is 10.5 Å². The van der Waals surface area contributed by atoms with Gasteiger partial charge in [0.25, 0.3) is 5.69 Å². The largest absolute Gasteiger partial charge is 0.426 e. The quantitative estimate of drug-likeness (QED) is 0.268. The minimum atomic E-state index is -0.466. The van der Waals surface area contributed by atoms with Crippen molar-refractivity contribution < 1.29 is 14.5 Å². The van der Waals surface area contributed by atoms with Crippen molar-refractivity contribution in [3.63, 3.8) is 0 Å². The second kappa shape index (κ2) is 7.29. The van der Waals surface area contributed by atoms with Crippen LogP contribution in [0.1, 0.15) is 5.56 Å². The van der Waals surface area contributed by atoms with E-state index in [-0.39, 0.29) is 11.4 Å². The number of halogens is 1. The highest BCUT2D eigenvalue weighted by atomic mass is 35.5. The Morgan fingerprint density at radius 1 is 1.27 bits per heavy atom. The minimum Gasteiger partial charge on any atom is -0.426 e. The molecule has 2 aromatic rings. The normalized spacial score (nSPS) is 10.3. The molecule has 0 aromatic heterocycles. The number of hydrogen-bond donors (Lipinski definition) is 0. The van der Waals surface area contributed by atoms with E-state index >= 15 is 0 Å². The van der Waals surface area contributed by atoms with Gasteiger partial charge in [-0.15, -0.1) is 11.8 Å². The van der Waals surface area contributed by atoms with E-state index in [1.54, 1.807) is 37.3 Å². The van der Waals surface area contributed by atoms with Crippen LogP contribution in [-0.2, 0) is 4.79 Å². The first kappa shape index (κ1) is 16.3. The van der Waals surface area contributed by atoms with Gasteiger partial charge < -0.3 is 4.74 Å². The van der Waals surface area contributed by atoms with Crippen LogP contribution < -0.4 is 4.74 Å². The fourth-order valence-electron chi connectivity index (χ4n) is 1.69. The molecular weight excluding hydrogens is 326 g/mol. The van der Waals surface area contributed by atoms with Gasteiger partial charge in [0.15, 0.2) is 0 Å². The van der Waals surface area contributed by atoms with Crippen LogP contribution in [0.2, 0.25) is 5.02 Å². The molecule has 0 unspecified atom stereocenters. The van der Waals surface area contributed by atoms with Crippen LogP contribution in [-0.4, -0.2) is 16.6 Å². The average Bonchev–Trinajstić information content (AvgIpc) is 2.48. The molecule has 114 valence electrons. The van der Waals surface area contributed by atoms with Crippen molar-refractivity contribution in [3.05, 3.63) is 63.2 Å². The molecule has 5 nitrogen and oxygen atoms in total. The monoisotopic (exact) mass is 337 g/mol. The van der Waals surface area contributed by atoms with Crippen LogP contribution in [0, 0.1) is 17.0 Å². The number of rotatable bonds is 5. The molecule has 0 aliphatic carbocycles. The Bertz CT molecular complexity index is 703. The van der Waals surface area contributed by atoms with Gasteiger partial charge in [-0.25, -0.2) is 0 Å². The van der Waals surface area contributed by atoms with Gasteiger partial charge in [0.2, 0.25) is 0 Å². The van der Waals surface area contributed by atoms with Gasteiger partial charge in [0.05, 0.1) is 10.7 Å². The second-order valence-corrected chi connectivity index (χ2v) is 5.91. The molecule has 0 heterocycles. The van der Waals surface area contributed by atoms with Gasteiger partial charge in [-0.05, 0) is 42.8 Å². The SMILES string of the molecule is Cc1cc(Cl)ccc1OC(=O)CSc1ccc([N+](=O)[O-])cc1. The van der Waals surface area contributed by atoms with Gasteiger partial charge in [0, 0.05) is 22.1 Å². The Morgan fingerprint density at radius 3 is 2.55 bits per heavy atom. The molecule has 0 atom stereocenters. The molecule has 0 spiro atoms. The number of nitro benzene ring substituents is 1. The summed E-state index contributed by atoms with van der Waals surface area (Å²) in [6.45, 7) is 1.80. The smallest absolute Gasteiger partial charge is 0.321 e. The van der Waals surface area contributed by atoms with E-state index in [2.05, 4.69) is 0 Å². The molecule has 0 N–H and O–H groups in total. The summed E-state index contributed by atoms with van der Waals surface area (Å²) in [6.07, 6.45) is 0. The lowest BCUT2D eigenvalue weighted by atomic mass is 10.2. The lowest BCUT2D eigenvalue weighted by molar-refractivity contribution is -0.384. The molecule has 0 aliphatic heterocycles. The third kappa shape index (κ3) is 4.47. The number of hydrogen-bond acceptors (Lipinski definition) is 5. The second-order valence-electron chi connectivity index (χ2n) is 4.42. The zero-order valence-electron chi connectivity index (χ0n) is 11.6. The van der Waals surface area contributed by atoms with Crippen molar-refractivity contribution in [1.29, 1.82) is 0 Å². The zero-order valence-corrected chi connectivity index (χ0v) is 13.2. The molecule has 7 heteroatoms. The molecule has 0 saturated carbocycles. The number of non-ortho nitro benzene ring substituents is 1. The first-order valence-corrected chi connectivity index (χ1v) is 7.66. The number of nitrogens with zero attached hydrogens (tertiary/aromatic N) is 1. The van der Waals surface area contributed by atoms with Crippen molar-refractivity contribution in [3.8, 4) is 5.75 Å². The van der Waals surface area contributed by atoms with Crippen molar-refractivity contribution >= 4 is 35.0 Å². The van der Waals surface area contributed by atoms with E-state index in [9.17, 15) is 14.9 Å². The van der Waals surface area contributed by atoms with Gasteiger partial charge in [-0.2, -0.15) is 0 Å². The number of carbonyl (C=O) groups excluding carboxylic acids is 1. The van der Waals surface area contributed by atoms with E-state index in [0.29, 0.717) is 10.8 Å². The highest BCUT2D eigenvalue weighted by molar-refractivity contribution is 8.00. The van der Waals surface area contributed by atoms with Gasteiger partial charge in [0.1, 0.15) is 5.75 Å². The molecule has 0 fully saturated rings. The molecule has 0 bridgehead atoms. The summed E-state index contributed by atoms with van der Waals surface area (Å²) in [6, 6.07) is 11.0. The van der Waals surface area contributed by atoms with Crippen molar-refractivity contribution in [1.82, 2.24) is 0 Å². The molecule has 22 heavy (non-hydrogen) atoms. The molecule has 0 radical (unpaired) electrons. The summed E-state index contributed by atoms with van der Waals surface area (Å²) < 4.78 is 5.26. The van der Waals surface area contributed by atoms with E-state index in [4.69, 9.17) is 16.3 Å². The summed E-state index contributed by atoms with van der Waals surface area (Å²) in [5.74, 6) is 0.187. The van der Waals surface area contributed by atoms with Gasteiger partial charge in [-0.1, -0.05) is 11.6 Å². The Hall–Kier alpha value is -2.05. The molecule has 0 aliphatic rings. The third-order valence-electron chi connectivity index (χ3n) is 2.76. The topological polar surface area (TPSA) is 69.4 Å². The van der Waals surface area contributed by atoms with Crippen molar-refractivity contribution in [2.45, 2.75) is 11.8 Å². The maximum absolute atomic E-state index is 11.8. The zero-order chi connectivity index (χ0) is 16.1. The summed E-state index contributed by atoms with van der Waals surface area (Å²) in [7, 11) is 0. The number of thioether (sulfide) groups is 1. The Labute approximate surface area is 136 Å². The van der Waals surface area contributed by atoms with Crippen LogP contribution in [0.3, 0.4) is 0 Å². The maximum Gasteiger partial charge on any atom is 0.321 e. The Balaban J connectivity index is 1.91. The van der Waals surface area contributed by atoms with Gasteiger partial charge in [-0.3, -0.25) is 14.9 Å². The standard InChI is InChI=1S/C15H12ClNO4S/c1-10-8-11(16)2-7-14(10)21-15(18)9-22-13-5-3-12(4-6-13)17(19)20/h2-8H,9H2,1H3. The maximum atomic E-state index is 11.8. The first-order chi connectivity index (χ1) is 10.5. The van der Waals surface area contributed by atoms with Crippen LogP contribution in [0.5, 0.6) is 5.75 Å². The fourth-order valence-corrected chi connectivity index (χ4v) is 2.58. The molecule has 2 rings (SSSR count). The summed E-state index contributed by atoms with van der Waals surface area (Å²) in [4.78, 5) is 22.7. The van der Waals surface area contributed by atoms with E-state index < -0.39 is 10.9 Å². The lowest BCUT2D eigenvalue weighted by Gasteiger charge is -2.07. The average molecular weight is 338 g/mol. The minimum absolute atomic E-state index is 0.0173. The third-order valence-corrected chi connectivity index (χ3v) is 3.99. The number of ether oxygens (including phenoxy) is 1. The number of aryl methyl sites for hydroxylation is 1. The Morgan fingerprint density at radius 2 is 1.95 bits per heavy atom. The van der Waals surface area contributed by atoms with Gasteiger partial charge >= 0.3 is 5.97 Å². The highest BCUT2D eigenvalue weighted by Crippen LogP contribution is 2.24. The Kier molecular flexibility index (Phi) is 5.41. The number of carbonyl (C=O) groups is 1. The first-order valence-electron chi connectivity index (χ1n) is 6.30. The molecule has 2 aromatic carbocycles. The highest BCUT2D eigenvalue weighted by Gasteiger charge is 2.10. The number of benzene rings is 2. The molecular formula is C15H12ClNO4S. The van der Waals surface area contributed by atoms with Crippen LogP contribution >= 0.6 is 23.4 Å². The number of nitro groups is 1. The number of esters is 1. The van der Waals surface area contributed by atoms with Crippen LogP contribution in [0.25, 0.3) is 0 Å². The summed E-state index contributed by atoms with van der Waals surface area (Å²) in [5, 5.41) is 11.1. The van der Waals surface area contributed by atoms with E-state index in [1.165, 1.54) is 23.9 Å². The van der Waals surface area contributed by atoms with Crippen LogP contribution in [0.4, 0.5) is 5.69 Å². The fraction of sp³-hybridized carbons (Fsp3) is 0.133. The van der Waals surface area contributed by atoms with Crippen molar-refractivity contribution in [2.75, 3.05) is 5.75 Å². The van der Waals surface area contributed by atoms with E-state index in [1.807, 2.05) is 0 Å². The predicted octanol–water partition coefficient (Wildman–Crippen LogP) is 4.25. The summed E-state index contributed by atoms with van der Waals surface area (Å²) in [5.41, 5.74) is 0.796. The van der Waals surface area contributed by atoms with Crippen LogP contribution in [0.15, 0.2) is 47.4 Å². The molecule has 0 amide bonds. The lowest BCUT2D eigenvalue weighted by Crippen LogP contribution is -2.11.